The van der Waals surface area contributed by atoms with E-state index >= 15 is 0 Å². The topological polar surface area (TPSA) is 63.4 Å². The average molecular weight is 236 g/mol. The van der Waals surface area contributed by atoms with Gasteiger partial charge in [0.2, 0.25) is 0 Å². The molecule has 0 aromatic rings. The number of hydrogen-bond acceptors (Lipinski definition) is 4. The Bertz CT molecular complexity index is 252. The van der Waals surface area contributed by atoms with Crippen LogP contribution in [-0.4, -0.2) is 51.5 Å². The number of rotatable bonds is 8. The summed E-state index contributed by atoms with van der Waals surface area (Å²) < 4.78 is 22.4. The Labute approximate surface area is 93.7 Å². The van der Waals surface area contributed by atoms with Crippen LogP contribution in [0.25, 0.3) is 0 Å². The first kappa shape index (κ1) is 14.9. The van der Waals surface area contributed by atoms with E-state index in [-0.39, 0.29) is 5.75 Å². The molecule has 1 atom stereocenters. The molecule has 0 heterocycles. The lowest BCUT2D eigenvalue weighted by Crippen LogP contribution is -2.30. The van der Waals surface area contributed by atoms with E-state index in [9.17, 15) is 8.42 Å². The summed E-state index contributed by atoms with van der Waals surface area (Å²) in [6.07, 6.45) is 0.712. The van der Waals surface area contributed by atoms with E-state index in [0.29, 0.717) is 24.6 Å². The van der Waals surface area contributed by atoms with Crippen molar-refractivity contribution in [3.05, 3.63) is 0 Å². The zero-order valence-electron chi connectivity index (χ0n) is 10.1. The summed E-state index contributed by atoms with van der Waals surface area (Å²) in [5.41, 5.74) is 5.52. The maximum atomic E-state index is 11.2. The first-order valence-electron chi connectivity index (χ1n) is 5.50. The van der Waals surface area contributed by atoms with Crippen LogP contribution >= 0.6 is 0 Å². The smallest absolute Gasteiger partial charge is 0.150 e. The van der Waals surface area contributed by atoms with Crippen LogP contribution in [0.4, 0.5) is 0 Å². The lowest BCUT2D eigenvalue weighted by Gasteiger charge is -2.19. The molecule has 0 radical (unpaired) electrons. The van der Waals surface area contributed by atoms with Crippen molar-refractivity contribution in [2.24, 2.45) is 11.7 Å². The molecule has 0 aromatic carbocycles. The molecule has 0 spiro atoms. The highest BCUT2D eigenvalue weighted by Gasteiger charge is 2.09. The van der Waals surface area contributed by atoms with Crippen LogP contribution in [0.15, 0.2) is 0 Å². The molecular formula is C10H24N2O2S. The largest absolute Gasteiger partial charge is 0.330 e. The SMILES string of the molecule is CCS(=O)(=O)CCCN(C)CC(C)CN. The molecular weight excluding hydrogens is 212 g/mol. The van der Waals surface area contributed by atoms with Crippen molar-refractivity contribution in [3.63, 3.8) is 0 Å². The van der Waals surface area contributed by atoms with Gasteiger partial charge in [-0.25, -0.2) is 8.42 Å². The molecule has 4 nitrogen and oxygen atoms in total. The Balaban J connectivity index is 3.68. The van der Waals surface area contributed by atoms with Crippen molar-refractivity contribution in [1.82, 2.24) is 4.90 Å². The van der Waals surface area contributed by atoms with Gasteiger partial charge in [0, 0.05) is 12.3 Å². The third kappa shape index (κ3) is 7.76. The second-order valence-electron chi connectivity index (χ2n) is 4.19. The van der Waals surface area contributed by atoms with Gasteiger partial charge in [-0.1, -0.05) is 13.8 Å². The maximum Gasteiger partial charge on any atom is 0.150 e. The molecule has 0 aromatic heterocycles. The standard InChI is InChI=1S/C10H24N2O2S/c1-4-15(13,14)7-5-6-12(3)9-10(2)8-11/h10H,4-9,11H2,1-3H3. The molecule has 0 rings (SSSR count). The highest BCUT2D eigenvalue weighted by atomic mass is 32.2. The molecule has 0 aliphatic carbocycles. The van der Waals surface area contributed by atoms with E-state index in [1.165, 1.54) is 0 Å². The van der Waals surface area contributed by atoms with Gasteiger partial charge in [0.1, 0.15) is 9.84 Å². The van der Waals surface area contributed by atoms with E-state index in [4.69, 9.17) is 5.73 Å². The van der Waals surface area contributed by atoms with Gasteiger partial charge in [-0.05, 0) is 32.5 Å². The van der Waals surface area contributed by atoms with Crippen molar-refractivity contribution >= 4 is 9.84 Å². The lowest BCUT2D eigenvalue weighted by atomic mass is 10.2. The summed E-state index contributed by atoms with van der Waals surface area (Å²) in [5.74, 6) is 1.01. The minimum Gasteiger partial charge on any atom is -0.330 e. The van der Waals surface area contributed by atoms with E-state index in [0.717, 1.165) is 13.1 Å². The predicted molar refractivity (Wildman–Crippen MR) is 64.7 cm³/mol. The monoisotopic (exact) mass is 236 g/mol. The highest BCUT2D eigenvalue weighted by molar-refractivity contribution is 7.91. The molecule has 0 aliphatic heterocycles. The second-order valence-corrected chi connectivity index (χ2v) is 6.67. The van der Waals surface area contributed by atoms with E-state index in [2.05, 4.69) is 11.8 Å². The van der Waals surface area contributed by atoms with Crippen LogP contribution < -0.4 is 5.73 Å². The molecule has 0 amide bonds. The zero-order valence-corrected chi connectivity index (χ0v) is 10.9. The van der Waals surface area contributed by atoms with Crippen molar-refractivity contribution in [1.29, 1.82) is 0 Å². The molecule has 1 unspecified atom stereocenters. The number of hydrogen-bond donors (Lipinski definition) is 1. The Morgan fingerprint density at radius 2 is 2.00 bits per heavy atom. The summed E-state index contributed by atoms with van der Waals surface area (Å²) in [7, 11) is -0.796. The van der Waals surface area contributed by atoms with Crippen LogP contribution in [0.3, 0.4) is 0 Å². The van der Waals surface area contributed by atoms with Crippen LogP contribution in [0.5, 0.6) is 0 Å². The predicted octanol–water partition coefficient (Wildman–Crippen LogP) is 0.338. The number of nitrogens with two attached hydrogens (primary N) is 1. The van der Waals surface area contributed by atoms with Gasteiger partial charge in [-0.3, -0.25) is 0 Å². The van der Waals surface area contributed by atoms with Gasteiger partial charge in [0.15, 0.2) is 0 Å². The van der Waals surface area contributed by atoms with E-state index < -0.39 is 9.84 Å². The summed E-state index contributed by atoms with van der Waals surface area (Å²) in [6.45, 7) is 6.22. The second kappa shape index (κ2) is 7.19. The summed E-state index contributed by atoms with van der Waals surface area (Å²) >= 11 is 0. The maximum absolute atomic E-state index is 11.2. The fourth-order valence-corrected chi connectivity index (χ4v) is 2.25. The number of nitrogens with zero attached hydrogens (tertiary/aromatic N) is 1. The fraction of sp³-hybridized carbons (Fsp3) is 1.00. The van der Waals surface area contributed by atoms with Gasteiger partial charge >= 0.3 is 0 Å². The molecule has 0 fully saturated rings. The normalized spacial score (nSPS) is 14.5. The number of sulfone groups is 1. The van der Waals surface area contributed by atoms with Crippen LogP contribution in [-0.2, 0) is 9.84 Å². The summed E-state index contributed by atoms with van der Waals surface area (Å²) in [5, 5.41) is 0. The molecule has 5 heteroatoms. The minimum atomic E-state index is -2.80. The first-order chi connectivity index (χ1) is 6.91. The van der Waals surface area contributed by atoms with Crippen LogP contribution in [0, 0.1) is 5.92 Å². The van der Waals surface area contributed by atoms with E-state index in [1.54, 1.807) is 6.92 Å². The van der Waals surface area contributed by atoms with Crippen molar-refractivity contribution in [3.8, 4) is 0 Å². The van der Waals surface area contributed by atoms with Gasteiger partial charge < -0.3 is 10.6 Å². The van der Waals surface area contributed by atoms with Crippen molar-refractivity contribution < 1.29 is 8.42 Å². The molecule has 2 N–H and O–H groups in total. The quantitative estimate of drug-likeness (QED) is 0.660. The molecule has 0 aliphatic rings. The van der Waals surface area contributed by atoms with E-state index in [1.807, 2.05) is 7.05 Å². The summed E-state index contributed by atoms with van der Waals surface area (Å²) in [6, 6.07) is 0. The third-order valence-corrected chi connectivity index (χ3v) is 4.25. The highest BCUT2D eigenvalue weighted by Crippen LogP contribution is 1.99. The molecule has 0 bridgehead atoms. The molecule has 15 heavy (non-hydrogen) atoms. The molecule has 0 saturated heterocycles. The van der Waals surface area contributed by atoms with Gasteiger partial charge in [0.25, 0.3) is 0 Å². The average Bonchev–Trinajstić information content (AvgIpc) is 2.17. The first-order valence-corrected chi connectivity index (χ1v) is 7.32. The van der Waals surface area contributed by atoms with Gasteiger partial charge in [0.05, 0.1) is 5.75 Å². The molecule has 0 saturated carbocycles. The van der Waals surface area contributed by atoms with Crippen molar-refractivity contribution in [2.45, 2.75) is 20.3 Å². The Kier molecular flexibility index (Phi) is 7.13. The van der Waals surface area contributed by atoms with Gasteiger partial charge in [-0.15, -0.1) is 0 Å². The third-order valence-electron chi connectivity index (χ3n) is 2.46. The summed E-state index contributed by atoms with van der Waals surface area (Å²) in [4.78, 5) is 2.14. The van der Waals surface area contributed by atoms with Crippen molar-refractivity contribution in [2.75, 3.05) is 38.2 Å². The lowest BCUT2D eigenvalue weighted by molar-refractivity contribution is 0.290. The zero-order chi connectivity index (χ0) is 11.9. The fourth-order valence-electron chi connectivity index (χ4n) is 1.40. The Morgan fingerprint density at radius 1 is 1.40 bits per heavy atom. The van der Waals surface area contributed by atoms with Gasteiger partial charge in [-0.2, -0.15) is 0 Å². The van der Waals surface area contributed by atoms with Crippen LogP contribution in [0.1, 0.15) is 20.3 Å². The Morgan fingerprint density at radius 3 is 2.47 bits per heavy atom. The molecule has 92 valence electrons. The minimum absolute atomic E-state index is 0.246. The Hall–Kier alpha value is -0.130. The van der Waals surface area contributed by atoms with Crippen LogP contribution in [0.2, 0.25) is 0 Å².